The summed E-state index contributed by atoms with van der Waals surface area (Å²) in [6.45, 7) is 6.23. The van der Waals surface area contributed by atoms with Crippen LogP contribution in [0.2, 0.25) is 0 Å². The van der Waals surface area contributed by atoms with Crippen LogP contribution in [0, 0.1) is 20.8 Å². The van der Waals surface area contributed by atoms with Crippen LogP contribution in [0.4, 0.5) is 0 Å². The molecule has 8 heteroatoms. The van der Waals surface area contributed by atoms with E-state index in [-0.39, 0.29) is 0 Å². The Bertz CT molecular complexity index is 3480. The van der Waals surface area contributed by atoms with Crippen molar-refractivity contribution in [2.45, 2.75) is 20.8 Å². The lowest BCUT2D eigenvalue weighted by Gasteiger charge is -2.12. The highest BCUT2D eigenvalue weighted by Gasteiger charge is 2.17. The Morgan fingerprint density at radius 2 is 0.869 bits per heavy atom. The number of ether oxygens (including phenoxy) is 2. The molecule has 0 saturated heterocycles. The van der Waals surface area contributed by atoms with Gasteiger partial charge in [-0.3, -0.25) is 19.1 Å². The monoisotopic (exact) mass is 790 g/mol. The number of aromatic nitrogens is 6. The van der Waals surface area contributed by atoms with Gasteiger partial charge in [0.1, 0.15) is 34.6 Å². The molecule has 8 nitrogen and oxygen atoms in total. The van der Waals surface area contributed by atoms with E-state index >= 15 is 0 Å². The van der Waals surface area contributed by atoms with Gasteiger partial charge in [-0.25, -0.2) is 9.97 Å². The molecule has 0 aliphatic carbocycles. The summed E-state index contributed by atoms with van der Waals surface area (Å²) in [5, 5.41) is 4.61. The van der Waals surface area contributed by atoms with Crippen LogP contribution in [0.5, 0.6) is 23.0 Å². The molecule has 6 aromatic carbocycles. The van der Waals surface area contributed by atoms with E-state index in [1.165, 1.54) is 10.8 Å². The Labute approximate surface area is 352 Å². The van der Waals surface area contributed by atoms with Crippen molar-refractivity contribution in [2.24, 2.45) is 0 Å². The summed E-state index contributed by atoms with van der Waals surface area (Å²) in [4.78, 5) is 19.2. The summed E-state index contributed by atoms with van der Waals surface area (Å²) < 4.78 is 17.5. The first kappa shape index (κ1) is 36.0. The lowest BCUT2D eigenvalue weighted by atomic mass is 10.1. The Kier molecular flexibility index (Phi) is 8.63. The van der Waals surface area contributed by atoms with Gasteiger partial charge in [0.2, 0.25) is 0 Å². The number of fused-ring (bicyclic) bond motifs is 6. The van der Waals surface area contributed by atoms with E-state index in [1.807, 2.05) is 85.5 Å². The van der Waals surface area contributed by atoms with Gasteiger partial charge in [0.25, 0.3) is 0 Å². The number of rotatable bonds is 8. The van der Waals surface area contributed by atoms with Crippen molar-refractivity contribution in [3.63, 3.8) is 0 Å². The maximum atomic E-state index is 6.57. The predicted octanol–water partition coefficient (Wildman–Crippen LogP) is 13.3. The van der Waals surface area contributed by atoms with Crippen molar-refractivity contribution in [2.75, 3.05) is 0 Å². The standard InChI is InChI=1S/C53H38N6O2/c1-33-19-21-54-52(25-33)58-48-13-6-4-11-42(48)44-17-15-39(29-50(44)58)60-38-10-8-9-36(27-38)46-31-57-47(32-56-46)37-23-35(3)24-41(28-37)61-40-16-18-45-43-12-5-7-14-49(43)59(51(45)30-40)53-26-34(2)20-22-55-53/h4-32H,1-3H3. The summed E-state index contributed by atoms with van der Waals surface area (Å²) in [7, 11) is 0. The average molecular weight is 791 g/mol. The molecule has 0 fully saturated rings. The lowest BCUT2D eigenvalue weighted by Crippen LogP contribution is -1.97. The SMILES string of the molecule is Cc1cc(Oc2ccc3c4ccccc4n(-c4cc(C)ccn4)c3c2)cc(-c2cnc(-c3cccc(Oc4ccc5c6ccccc6n(-c6cc(C)ccn6)c5c4)c3)cn2)c1. The maximum Gasteiger partial charge on any atom is 0.137 e. The summed E-state index contributed by atoms with van der Waals surface area (Å²) in [5.41, 5.74) is 10.9. The second-order valence-corrected chi connectivity index (χ2v) is 15.5. The van der Waals surface area contributed by atoms with Crippen LogP contribution in [-0.2, 0) is 0 Å². The zero-order valence-corrected chi connectivity index (χ0v) is 33.7. The quantitative estimate of drug-likeness (QED) is 0.152. The summed E-state index contributed by atoms with van der Waals surface area (Å²) >= 11 is 0. The third-order valence-electron chi connectivity index (χ3n) is 11.2. The van der Waals surface area contributed by atoms with E-state index in [4.69, 9.17) is 29.4 Å². The van der Waals surface area contributed by atoms with Gasteiger partial charge >= 0.3 is 0 Å². The molecule has 0 saturated carbocycles. The molecular weight excluding hydrogens is 753 g/mol. The summed E-state index contributed by atoms with van der Waals surface area (Å²) in [5.74, 6) is 4.62. The topological polar surface area (TPSA) is 79.9 Å². The van der Waals surface area contributed by atoms with Gasteiger partial charge in [0.05, 0.1) is 45.8 Å². The Balaban J connectivity index is 0.863. The lowest BCUT2D eigenvalue weighted by molar-refractivity contribution is 0.483. The van der Waals surface area contributed by atoms with Crippen molar-refractivity contribution >= 4 is 43.6 Å². The predicted molar refractivity (Wildman–Crippen MR) is 244 cm³/mol. The Morgan fingerprint density at radius 1 is 0.361 bits per heavy atom. The number of pyridine rings is 2. The van der Waals surface area contributed by atoms with Crippen LogP contribution in [0.3, 0.4) is 0 Å². The molecule has 292 valence electrons. The van der Waals surface area contributed by atoms with E-state index in [9.17, 15) is 0 Å². The second-order valence-electron chi connectivity index (χ2n) is 15.5. The zero-order chi connectivity index (χ0) is 41.0. The van der Waals surface area contributed by atoms with Crippen molar-refractivity contribution in [1.29, 1.82) is 0 Å². The van der Waals surface area contributed by atoms with Crippen LogP contribution >= 0.6 is 0 Å². The molecule has 5 aromatic heterocycles. The number of aryl methyl sites for hydroxylation is 3. The number of benzene rings is 6. The molecule has 0 bridgehead atoms. The van der Waals surface area contributed by atoms with Crippen molar-refractivity contribution < 1.29 is 9.47 Å². The molecule has 61 heavy (non-hydrogen) atoms. The number of hydrogen-bond donors (Lipinski definition) is 0. The molecule has 0 unspecified atom stereocenters. The first-order chi connectivity index (χ1) is 29.9. The first-order valence-electron chi connectivity index (χ1n) is 20.2. The fraction of sp³-hybridized carbons (Fsp3) is 0.0566. The maximum absolute atomic E-state index is 6.57. The van der Waals surface area contributed by atoms with Crippen molar-refractivity contribution in [3.05, 3.63) is 193 Å². The minimum Gasteiger partial charge on any atom is -0.457 e. The first-order valence-corrected chi connectivity index (χ1v) is 20.2. The number of para-hydroxylation sites is 2. The zero-order valence-electron chi connectivity index (χ0n) is 33.7. The minimum atomic E-state index is 0.702. The summed E-state index contributed by atoms with van der Waals surface area (Å²) in [6, 6.07) is 51.7. The molecule has 0 aliphatic heterocycles. The molecule has 11 rings (SSSR count). The molecule has 11 aromatic rings. The van der Waals surface area contributed by atoms with E-state index < -0.39 is 0 Å². The van der Waals surface area contributed by atoms with Crippen LogP contribution in [0.25, 0.3) is 77.8 Å². The fourth-order valence-electron chi connectivity index (χ4n) is 8.38. The van der Waals surface area contributed by atoms with Gasteiger partial charge < -0.3 is 9.47 Å². The van der Waals surface area contributed by atoms with Crippen LogP contribution in [-0.4, -0.2) is 29.1 Å². The fourth-order valence-corrected chi connectivity index (χ4v) is 8.38. The third-order valence-corrected chi connectivity index (χ3v) is 11.2. The van der Waals surface area contributed by atoms with Gasteiger partial charge in [0.15, 0.2) is 0 Å². The molecular formula is C53H38N6O2. The van der Waals surface area contributed by atoms with Gasteiger partial charge in [-0.1, -0.05) is 48.5 Å². The second kappa shape index (κ2) is 14.6. The molecule has 5 heterocycles. The van der Waals surface area contributed by atoms with E-state index in [1.54, 1.807) is 0 Å². The van der Waals surface area contributed by atoms with E-state index in [0.717, 1.165) is 101 Å². The highest BCUT2D eigenvalue weighted by atomic mass is 16.5. The number of nitrogens with zero attached hydrogens (tertiary/aromatic N) is 6. The van der Waals surface area contributed by atoms with Gasteiger partial charge in [-0.2, -0.15) is 0 Å². The van der Waals surface area contributed by atoms with Crippen molar-refractivity contribution in [3.8, 4) is 57.1 Å². The van der Waals surface area contributed by atoms with Crippen LogP contribution in [0.1, 0.15) is 16.7 Å². The molecule has 0 aliphatic rings. The normalized spacial score (nSPS) is 11.5. The van der Waals surface area contributed by atoms with Crippen LogP contribution < -0.4 is 9.47 Å². The third kappa shape index (κ3) is 6.60. The largest absolute Gasteiger partial charge is 0.457 e. The van der Waals surface area contributed by atoms with Crippen LogP contribution in [0.15, 0.2) is 176 Å². The van der Waals surface area contributed by atoms with E-state index in [2.05, 4.69) is 121 Å². The molecule has 0 amide bonds. The average Bonchev–Trinajstić information content (AvgIpc) is 3.78. The summed E-state index contributed by atoms with van der Waals surface area (Å²) in [6.07, 6.45) is 7.33. The molecule has 0 radical (unpaired) electrons. The highest BCUT2D eigenvalue weighted by Crippen LogP contribution is 2.38. The van der Waals surface area contributed by atoms with Gasteiger partial charge in [-0.15, -0.1) is 0 Å². The molecule has 0 spiro atoms. The smallest absolute Gasteiger partial charge is 0.137 e. The van der Waals surface area contributed by atoms with Gasteiger partial charge in [0, 0.05) is 57.2 Å². The Morgan fingerprint density at radius 3 is 1.44 bits per heavy atom. The van der Waals surface area contributed by atoms with Gasteiger partial charge in [-0.05, 0) is 128 Å². The Hall–Kier alpha value is -8.10. The van der Waals surface area contributed by atoms with Crippen molar-refractivity contribution in [1.82, 2.24) is 29.1 Å². The van der Waals surface area contributed by atoms with E-state index in [0.29, 0.717) is 5.75 Å². The molecule has 0 N–H and O–H groups in total. The number of hydrogen-bond acceptors (Lipinski definition) is 6. The minimum absolute atomic E-state index is 0.702. The molecule has 0 atom stereocenters. The highest BCUT2D eigenvalue weighted by molar-refractivity contribution is 6.10.